The van der Waals surface area contributed by atoms with E-state index in [1.807, 2.05) is 0 Å². The molecule has 0 radical (unpaired) electrons. The van der Waals surface area contributed by atoms with Gasteiger partial charge in [-0.25, -0.2) is 4.39 Å². The first kappa shape index (κ1) is 11.2. The van der Waals surface area contributed by atoms with Crippen molar-refractivity contribution in [3.05, 3.63) is 58.3 Å². The average Bonchev–Trinajstić information content (AvgIpc) is 2.27. The highest BCUT2D eigenvalue weighted by Gasteiger charge is 2.02. The second-order valence-electron chi connectivity index (χ2n) is 3.23. The van der Waals surface area contributed by atoms with Gasteiger partial charge in [0, 0.05) is 5.69 Å². The summed E-state index contributed by atoms with van der Waals surface area (Å²) in [4.78, 5) is 0. The molecule has 4 heteroatoms. The Morgan fingerprint density at radius 3 is 2.38 bits per heavy atom. The Labute approximate surface area is 103 Å². The van der Waals surface area contributed by atoms with Crippen LogP contribution in [0.1, 0.15) is 0 Å². The minimum atomic E-state index is -0.312. The molecule has 0 atom stereocenters. The van der Waals surface area contributed by atoms with Gasteiger partial charge in [-0.2, -0.15) is 0 Å². The normalized spacial score (nSPS) is 10.2. The Bertz CT molecular complexity index is 514. The topological polar surface area (TPSA) is 12.0 Å². The Morgan fingerprint density at radius 1 is 0.938 bits per heavy atom. The fourth-order valence-electron chi connectivity index (χ4n) is 1.29. The third kappa shape index (κ3) is 2.46. The number of hydrogen-bond acceptors (Lipinski definition) is 1. The van der Waals surface area contributed by atoms with Crippen molar-refractivity contribution >= 4 is 34.6 Å². The van der Waals surface area contributed by atoms with Crippen molar-refractivity contribution in [2.24, 2.45) is 0 Å². The summed E-state index contributed by atoms with van der Waals surface area (Å²) in [5, 5.41) is 3.83. The van der Waals surface area contributed by atoms with E-state index in [4.69, 9.17) is 23.2 Å². The summed E-state index contributed by atoms with van der Waals surface area (Å²) in [6.45, 7) is 0. The molecule has 0 unspecified atom stereocenters. The number of halogens is 3. The highest BCUT2D eigenvalue weighted by Crippen LogP contribution is 2.27. The van der Waals surface area contributed by atoms with Crippen molar-refractivity contribution in [1.82, 2.24) is 0 Å². The Morgan fingerprint density at radius 2 is 1.69 bits per heavy atom. The molecule has 0 saturated heterocycles. The smallest absolute Gasteiger partial charge is 0.146 e. The molecule has 1 nitrogen and oxygen atoms in total. The van der Waals surface area contributed by atoms with Gasteiger partial charge < -0.3 is 5.32 Å². The molecule has 0 aromatic heterocycles. The van der Waals surface area contributed by atoms with Crippen LogP contribution in [0.25, 0.3) is 0 Å². The van der Waals surface area contributed by atoms with Gasteiger partial charge in [-0.05, 0) is 30.3 Å². The van der Waals surface area contributed by atoms with Crippen LogP contribution in [0.2, 0.25) is 10.0 Å². The predicted octanol–water partition coefficient (Wildman–Crippen LogP) is 4.88. The van der Waals surface area contributed by atoms with Gasteiger partial charge in [0.05, 0.1) is 15.7 Å². The first-order valence-electron chi connectivity index (χ1n) is 4.63. The molecule has 2 rings (SSSR count). The SMILES string of the molecule is Fc1ccccc1Nc1ccc(Cl)c(Cl)c1. The molecular formula is C12H8Cl2FN. The number of anilines is 2. The fourth-order valence-corrected chi connectivity index (χ4v) is 1.59. The number of hydrogen-bond donors (Lipinski definition) is 1. The van der Waals surface area contributed by atoms with Crippen LogP contribution >= 0.6 is 23.2 Å². The van der Waals surface area contributed by atoms with E-state index in [1.165, 1.54) is 6.07 Å². The molecule has 1 N–H and O–H groups in total. The summed E-state index contributed by atoms with van der Waals surface area (Å²) in [5.74, 6) is -0.312. The Hall–Kier alpha value is -1.25. The Balaban J connectivity index is 2.28. The van der Waals surface area contributed by atoms with E-state index < -0.39 is 0 Å². The highest BCUT2D eigenvalue weighted by atomic mass is 35.5. The molecule has 0 aliphatic heterocycles. The molecule has 0 heterocycles. The zero-order chi connectivity index (χ0) is 11.5. The van der Waals surface area contributed by atoms with Crippen LogP contribution in [-0.2, 0) is 0 Å². The van der Waals surface area contributed by atoms with E-state index in [0.29, 0.717) is 21.4 Å². The molecule has 0 bridgehead atoms. The Kier molecular flexibility index (Phi) is 3.32. The van der Waals surface area contributed by atoms with Gasteiger partial charge in [0.2, 0.25) is 0 Å². The molecule has 16 heavy (non-hydrogen) atoms. The molecule has 2 aromatic carbocycles. The lowest BCUT2D eigenvalue weighted by Gasteiger charge is -2.08. The summed E-state index contributed by atoms with van der Waals surface area (Å²) in [5.41, 5.74) is 1.10. The maximum atomic E-state index is 13.3. The van der Waals surface area contributed by atoms with Crippen molar-refractivity contribution in [1.29, 1.82) is 0 Å². The first-order valence-corrected chi connectivity index (χ1v) is 5.39. The average molecular weight is 256 g/mol. The zero-order valence-electron chi connectivity index (χ0n) is 8.18. The molecular weight excluding hydrogens is 248 g/mol. The van der Waals surface area contributed by atoms with Crippen LogP contribution in [-0.4, -0.2) is 0 Å². The molecule has 0 spiro atoms. The van der Waals surface area contributed by atoms with Crippen molar-refractivity contribution in [2.75, 3.05) is 5.32 Å². The van der Waals surface area contributed by atoms with Crippen molar-refractivity contribution in [2.45, 2.75) is 0 Å². The van der Waals surface area contributed by atoms with Crippen molar-refractivity contribution in [3.8, 4) is 0 Å². The highest BCUT2D eigenvalue weighted by molar-refractivity contribution is 6.42. The molecule has 0 saturated carbocycles. The summed E-state index contributed by atoms with van der Waals surface area (Å²) >= 11 is 11.6. The van der Waals surface area contributed by atoms with Crippen molar-refractivity contribution in [3.63, 3.8) is 0 Å². The molecule has 0 aliphatic carbocycles. The fraction of sp³-hybridized carbons (Fsp3) is 0. The molecule has 0 amide bonds. The van der Waals surface area contributed by atoms with Gasteiger partial charge >= 0.3 is 0 Å². The van der Waals surface area contributed by atoms with Crippen LogP contribution < -0.4 is 5.32 Å². The lowest BCUT2D eigenvalue weighted by Crippen LogP contribution is -1.93. The lowest BCUT2D eigenvalue weighted by atomic mass is 10.2. The van der Waals surface area contributed by atoms with Gasteiger partial charge in [-0.1, -0.05) is 35.3 Å². The minimum absolute atomic E-state index is 0.312. The van der Waals surface area contributed by atoms with Crippen LogP contribution in [0.5, 0.6) is 0 Å². The molecule has 0 fully saturated rings. The van der Waals surface area contributed by atoms with Gasteiger partial charge in [0.25, 0.3) is 0 Å². The van der Waals surface area contributed by atoms with E-state index in [-0.39, 0.29) is 5.82 Å². The van der Waals surface area contributed by atoms with Crippen molar-refractivity contribution < 1.29 is 4.39 Å². The largest absolute Gasteiger partial charge is 0.353 e. The number of nitrogens with one attached hydrogen (secondary N) is 1. The zero-order valence-corrected chi connectivity index (χ0v) is 9.69. The molecule has 82 valence electrons. The summed E-state index contributed by atoms with van der Waals surface area (Å²) in [7, 11) is 0. The van der Waals surface area contributed by atoms with E-state index in [1.54, 1.807) is 36.4 Å². The number of rotatable bonds is 2. The van der Waals surface area contributed by atoms with Gasteiger partial charge in [0.1, 0.15) is 5.82 Å². The van der Waals surface area contributed by atoms with E-state index in [9.17, 15) is 4.39 Å². The van der Waals surface area contributed by atoms with E-state index in [0.717, 1.165) is 0 Å². The maximum absolute atomic E-state index is 13.3. The predicted molar refractivity (Wildman–Crippen MR) is 66.1 cm³/mol. The third-order valence-electron chi connectivity index (χ3n) is 2.07. The maximum Gasteiger partial charge on any atom is 0.146 e. The van der Waals surface area contributed by atoms with E-state index >= 15 is 0 Å². The summed E-state index contributed by atoms with van der Waals surface area (Å²) in [6, 6.07) is 11.5. The standard InChI is InChI=1S/C12H8Cl2FN/c13-9-6-5-8(7-10(9)14)16-12-4-2-1-3-11(12)15/h1-7,16H. The van der Waals surface area contributed by atoms with Gasteiger partial charge in [-0.3, -0.25) is 0 Å². The van der Waals surface area contributed by atoms with Gasteiger partial charge in [-0.15, -0.1) is 0 Å². The first-order chi connectivity index (χ1) is 7.66. The molecule has 0 aliphatic rings. The second-order valence-corrected chi connectivity index (χ2v) is 4.05. The van der Waals surface area contributed by atoms with Gasteiger partial charge in [0.15, 0.2) is 0 Å². The minimum Gasteiger partial charge on any atom is -0.353 e. The number of para-hydroxylation sites is 1. The van der Waals surface area contributed by atoms with Crippen LogP contribution in [0.3, 0.4) is 0 Å². The summed E-state index contributed by atoms with van der Waals surface area (Å²) < 4.78 is 13.3. The second kappa shape index (κ2) is 4.73. The molecule has 2 aromatic rings. The van der Waals surface area contributed by atoms with E-state index in [2.05, 4.69) is 5.32 Å². The number of benzene rings is 2. The van der Waals surface area contributed by atoms with Crippen LogP contribution in [0.4, 0.5) is 15.8 Å². The quantitative estimate of drug-likeness (QED) is 0.807. The van der Waals surface area contributed by atoms with Crippen LogP contribution in [0.15, 0.2) is 42.5 Å². The monoisotopic (exact) mass is 255 g/mol. The lowest BCUT2D eigenvalue weighted by molar-refractivity contribution is 0.632. The van der Waals surface area contributed by atoms with Crippen LogP contribution in [0, 0.1) is 5.82 Å². The summed E-state index contributed by atoms with van der Waals surface area (Å²) in [6.07, 6.45) is 0. The third-order valence-corrected chi connectivity index (χ3v) is 2.81.